The Labute approximate surface area is 57.5 Å². The van der Waals surface area contributed by atoms with Gasteiger partial charge in [0.05, 0.1) is 5.69 Å². The highest BCUT2D eigenvalue weighted by Crippen LogP contribution is 2.17. The molecule has 54 valence electrons. The van der Waals surface area contributed by atoms with Crippen LogP contribution < -0.4 is 5.73 Å². The first kappa shape index (κ1) is 6.99. The molecule has 1 aromatic carbocycles. The van der Waals surface area contributed by atoms with Gasteiger partial charge < -0.3 is 5.73 Å². The third kappa shape index (κ3) is 0.943. The smallest absolute Gasteiger partial charge is 0.181 e. The van der Waals surface area contributed by atoms with Gasteiger partial charge >= 0.3 is 0 Å². The summed E-state index contributed by atoms with van der Waals surface area (Å²) in [6, 6.07) is 2.49. The second kappa shape index (κ2) is 2.25. The molecule has 1 nitrogen and oxygen atoms in total. The van der Waals surface area contributed by atoms with Crippen molar-refractivity contribution in [1.29, 1.82) is 0 Å². The Morgan fingerprint density at radius 3 is 2.40 bits per heavy atom. The lowest BCUT2D eigenvalue weighted by atomic mass is 10.2. The molecule has 0 aliphatic carbocycles. The van der Waals surface area contributed by atoms with E-state index in [0.29, 0.717) is 5.56 Å². The van der Waals surface area contributed by atoms with Crippen LogP contribution in [-0.2, 0) is 0 Å². The first-order valence-corrected chi connectivity index (χ1v) is 2.83. The highest BCUT2D eigenvalue weighted by molar-refractivity contribution is 5.47. The van der Waals surface area contributed by atoms with E-state index in [2.05, 4.69) is 0 Å². The molecule has 0 saturated carbocycles. The van der Waals surface area contributed by atoms with Crippen LogP contribution in [0.4, 0.5) is 14.5 Å². The van der Waals surface area contributed by atoms with Gasteiger partial charge in [0, 0.05) is 0 Å². The molecule has 2 N–H and O–H groups in total. The van der Waals surface area contributed by atoms with Crippen molar-refractivity contribution in [2.75, 3.05) is 5.73 Å². The minimum Gasteiger partial charge on any atom is -0.396 e. The zero-order chi connectivity index (χ0) is 7.72. The largest absolute Gasteiger partial charge is 0.396 e. The summed E-state index contributed by atoms with van der Waals surface area (Å²) in [6.45, 7) is 1.62. The van der Waals surface area contributed by atoms with Gasteiger partial charge in [-0.25, -0.2) is 8.78 Å². The van der Waals surface area contributed by atoms with Gasteiger partial charge in [0.25, 0.3) is 0 Å². The van der Waals surface area contributed by atoms with Crippen molar-refractivity contribution in [2.45, 2.75) is 6.92 Å². The lowest BCUT2D eigenvalue weighted by Gasteiger charge is -2.00. The van der Waals surface area contributed by atoms with Gasteiger partial charge in [-0.15, -0.1) is 0 Å². The lowest BCUT2D eigenvalue weighted by molar-refractivity contribution is 0.511. The molecule has 1 aromatic rings. The number of rotatable bonds is 0. The minimum atomic E-state index is -0.958. The fourth-order valence-corrected chi connectivity index (χ4v) is 0.663. The summed E-state index contributed by atoms with van der Waals surface area (Å²) in [5.41, 5.74) is 5.61. The second-order valence-corrected chi connectivity index (χ2v) is 2.09. The van der Waals surface area contributed by atoms with E-state index in [1.807, 2.05) is 0 Å². The van der Waals surface area contributed by atoms with E-state index in [0.717, 1.165) is 6.07 Å². The number of anilines is 1. The Morgan fingerprint density at radius 1 is 1.30 bits per heavy atom. The Morgan fingerprint density at radius 2 is 1.90 bits per heavy atom. The first-order valence-electron chi connectivity index (χ1n) is 2.83. The molecular formula is C7H7F2N. The summed E-state index contributed by atoms with van der Waals surface area (Å²) in [5, 5.41) is 0. The zero-order valence-corrected chi connectivity index (χ0v) is 5.49. The van der Waals surface area contributed by atoms with Crippen molar-refractivity contribution in [3.05, 3.63) is 29.3 Å². The predicted octanol–water partition coefficient (Wildman–Crippen LogP) is 1.86. The Bertz CT molecular complexity index is 231. The molecule has 3 heteroatoms. The van der Waals surface area contributed by atoms with Gasteiger partial charge in [-0.1, -0.05) is 6.07 Å². The molecule has 0 heterocycles. The maximum atomic E-state index is 12.5. The quantitative estimate of drug-likeness (QED) is 0.551. The number of hydrogen-bond donors (Lipinski definition) is 1. The van der Waals surface area contributed by atoms with Crippen LogP contribution in [0.1, 0.15) is 5.56 Å². The molecule has 0 amide bonds. The Balaban J connectivity index is 3.34. The first-order chi connectivity index (χ1) is 4.63. The van der Waals surface area contributed by atoms with Gasteiger partial charge in [-0.2, -0.15) is 0 Å². The molecule has 0 spiro atoms. The normalized spacial score (nSPS) is 9.90. The molecule has 0 aromatic heterocycles. The van der Waals surface area contributed by atoms with Crippen LogP contribution in [0.15, 0.2) is 12.1 Å². The van der Waals surface area contributed by atoms with E-state index in [1.54, 1.807) is 6.92 Å². The van der Waals surface area contributed by atoms with E-state index < -0.39 is 11.6 Å². The number of nitrogens with two attached hydrogens (primary N) is 1. The summed E-state index contributed by atoms with van der Waals surface area (Å²) in [4.78, 5) is 0. The predicted molar refractivity (Wildman–Crippen MR) is 35.5 cm³/mol. The molecular weight excluding hydrogens is 136 g/mol. The van der Waals surface area contributed by atoms with Crippen LogP contribution >= 0.6 is 0 Å². The molecule has 1 rings (SSSR count). The summed E-state index contributed by atoms with van der Waals surface area (Å²) < 4.78 is 24.8. The third-order valence-corrected chi connectivity index (χ3v) is 1.35. The second-order valence-electron chi connectivity index (χ2n) is 2.09. The number of halogens is 2. The molecule has 0 atom stereocenters. The average Bonchev–Trinajstić information content (AvgIpc) is 1.93. The van der Waals surface area contributed by atoms with Gasteiger partial charge in [0.15, 0.2) is 11.6 Å². The van der Waals surface area contributed by atoms with E-state index in [1.165, 1.54) is 6.07 Å². The zero-order valence-electron chi connectivity index (χ0n) is 5.49. The maximum Gasteiger partial charge on any atom is 0.181 e. The Kier molecular flexibility index (Phi) is 1.57. The van der Waals surface area contributed by atoms with Crippen molar-refractivity contribution >= 4 is 5.69 Å². The van der Waals surface area contributed by atoms with Crippen molar-refractivity contribution in [1.82, 2.24) is 0 Å². The summed E-state index contributed by atoms with van der Waals surface area (Å²) in [6.07, 6.45) is 0. The molecule has 0 fully saturated rings. The molecule has 0 bridgehead atoms. The minimum absolute atomic E-state index is 0.111. The number of aryl methyl sites for hydroxylation is 1. The fourth-order valence-electron chi connectivity index (χ4n) is 0.663. The monoisotopic (exact) mass is 143 g/mol. The van der Waals surface area contributed by atoms with E-state index in [9.17, 15) is 8.78 Å². The van der Waals surface area contributed by atoms with Gasteiger partial charge in [0.2, 0.25) is 0 Å². The molecule has 0 radical (unpaired) electrons. The molecule has 0 aliphatic rings. The van der Waals surface area contributed by atoms with Crippen molar-refractivity contribution < 1.29 is 8.78 Å². The fraction of sp³-hybridized carbons (Fsp3) is 0.143. The van der Waals surface area contributed by atoms with Crippen LogP contribution in [0.2, 0.25) is 0 Å². The van der Waals surface area contributed by atoms with E-state index in [4.69, 9.17) is 5.73 Å². The van der Waals surface area contributed by atoms with Gasteiger partial charge in [-0.3, -0.25) is 0 Å². The molecule has 0 unspecified atom stereocenters. The highest BCUT2D eigenvalue weighted by atomic mass is 19.2. The van der Waals surface area contributed by atoms with Gasteiger partial charge in [-0.05, 0) is 18.6 Å². The van der Waals surface area contributed by atoms with Gasteiger partial charge in [0.1, 0.15) is 0 Å². The van der Waals surface area contributed by atoms with Crippen LogP contribution in [-0.4, -0.2) is 0 Å². The Hall–Kier alpha value is -1.12. The van der Waals surface area contributed by atoms with Crippen LogP contribution in [0.5, 0.6) is 0 Å². The van der Waals surface area contributed by atoms with Crippen LogP contribution in [0.25, 0.3) is 0 Å². The van der Waals surface area contributed by atoms with Crippen molar-refractivity contribution in [2.24, 2.45) is 0 Å². The topological polar surface area (TPSA) is 26.0 Å². The summed E-state index contributed by atoms with van der Waals surface area (Å²) >= 11 is 0. The number of benzene rings is 1. The highest BCUT2D eigenvalue weighted by Gasteiger charge is 2.06. The molecule has 10 heavy (non-hydrogen) atoms. The van der Waals surface area contributed by atoms with Crippen molar-refractivity contribution in [3.63, 3.8) is 0 Å². The summed E-state index contributed by atoms with van der Waals surface area (Å²) in [5.74, 6) is -1.86. The van der Waals surface area contributed by atoms with Crippen molar-refractivity contribution in [3.8, 4) is 0 Å². The number of hydrogen-bond acceptors (Lipinski definition) is 1. The maximum absolute atomic E-state index is 12.5. The molecule has 0 aliphatic heterocycles. The average molecular weight is 143 g/mol. The number of nitrogen functional groups attached to an aromatic ring is 1. The van der Waals surface area contributed by atoms with E-state index >= 15 is 0 Å². The molecule has 0 saturated heterocycles. The van der Waals surface area contributed by atoms with Crippen LogP contribution in [0, 0.1) is 18.6 Å². The standard InChI is InChI=1S/C7H7F2N/c1-4-2-3-5(8)6(9)7(4)10/h2-3H,10H2,1H3. The third-order valence-electron chi connectivity index (χ3n) is 1.35. The summed E-state index contributed by atoms with van der Waals surface area (Å²) in [7, 11) is 0. The lowest BCUT2D eigenvalue weighted by Crippen LogP contribution is -1.96. The SMILES string of the molecule is Cc1ccc(F)c(F)c1N. The van der Waals surface area contributed by atoms with Crippen LogP contribution in [0.3, 0.4) is 0 Å². The van der Waals surface area contributed by atoms with E-state index in [-0.39, 0.29) is 5.69 Å².